The number of nitrogens with one attached hydrogen (secondary N) is 1. The molecule has 2 saturated carbocycles. The average molecular weight is 539 g/mol. The topological polar surface area (TPSA) is 44.6 Å². The van der Waals surface area contributed by atoms with E-state index in [-0.39, 0.29) is 0 Å². The second-order valence-corrected chi connectivity index (χ2v) is 13.7. The zero-order chi connectivity index (χ0) is 27.6. The van der Waals surface area contributed by atoms with Crippen molar-refractivity contribution in [2.75, 3.05) is 11.9 Å². The number of nitrogens with zero attached hydrogens (tertiary/aromatic N) is 1. The molecule has 40 heavy (non-hydrogen) atoms. The van der Waals surface area contributed by atoms with E-state index in [0.717, 1.165) is 31.6 Å². The number of fused-ring (bicyclic) bond motifs is 2. The lowest BCUT2D eigenvalue weighted by Crippen LogP contribution is -2.26. The highest BCUT2D eigenvalue weighted by molar-refractivity contribution is 5.82. The van der Waals surface area contributed by atoms with Gasteiger partial charge in [-0.1, -0.05) is 83.6 Å². The second-order valence-electron chi connectivity index (χ2n) is 13.7. The SMILES string of the molecule is CCC1C=CNc2cc(C3CC[C@@H](C)C[C@@H](CO)C3)cc(-c3ccc4c(c3)N=CC(C(C)C3CCCCC3)C4)c21. The lowest BCUT2D eigenvalue weighted by atomic mass is 9.73. The lowest BCUT2D eigenvalue weighted by Gasteiger charge is -2.33. The number of allylic oxidation sites excluding steroid dienone is 1. The summed E-state index contributed by atoms with van der Waals surface area (Å²) in [5.41, 5.74) is 9.37. The van der Waals surface area contributed by atoms with Crippen LogP contribution in [-0.4, -0.2) is 17.9 Å². The number of aliphatic hydroxyl groups is 1. The summed E-state index contributed by atoms with van der Waals surface area (Å²) in [5.74, 6) is 4.15. The molecule has 2 aromatic rings. The van der Waals surface area contributed by atoms with E-state index < -0.39 is 0 Å². The van der Waals surface area contributed by atoms with Crippen LogP contribution in [0, 0.1) is 29.6 Å². The Labute approximate surface area is 242 Å². The molecule has 2 aromatic carbocycles. The predicted molar refractivity (Wildman–Crippen MR) is 170 cm³/mol. The van der Waals surface area contributed by atoms with E-state index in [1.807, 2.05) is 0 Å². The number of benzene rings is 2. The quantitative estimate of drug-likeness (QED) is 0.360. The molecule has 2 heterocycles. The van der Waals surface area contributed by atoms with E-state index in [0.29, 0.717) is 42.1 Å². The maximum atomic E-state index is 10.1. The van der Waals surface area contributed by atoms with E-state index in [1.54, 1.807) is 0 Å². The zero-order valence-corrected chi connectivity index (χ0v) is 25.0. The van der Waals surface area contributed by atoms with Crippen molar-refractivity contribution in [2.45, 2.75) is 103 Å². The van der Waals surface area contributed by atoms with Gasteiger partial charge >= 0.3 is 0 Å². The number of anilines is 1. The average Bonchev–Trinajstić information content (AvgIpc) is 3.20. The molecular formula is C37H50N2O. The summed E-state index contributed by atoms with van der Waals surface area (Å²) in [4.78, 5) is 5.10. The van der Waals surface area contributed by atoms with E-state index >= 15 is 0 Å². The van der Waals surface area contributed by atoms with Gasteiger partial charge in [0.05, 0.1) is 5.69 Å². The summed E-state index contributed by atoms with van der Waals surface area (Å²) >= 11 is 0. The minimum Gasteiger partial charge on any atom is -0.396 e. The molecule has 2 aliphatic heterocycles. The van der Waals surface area contributed by atoms with Crippen LogP contribution in [-0.2, 0) is 6.42 Å². The van der Waals surface area contributed by atoms with E-state index in [2.05, 4.69) is 74.9 Å². The van der Waals surface area contributed by atoms with Crippen LogP contribution in [0.1, 0.15) is 114 Å². The van der Waals surface area contributed by atoms with Crippen LogP contribution in [0.2, 0.25) is 0 Å². The van der Waals surface area contributed by atoms with Gasteiger partial charge in [0.2, 0.25) is 0 Å². The Balaban J connectivity index is 1.33. The molecule has 2 fully saturated rings. The van der Waals surface area contributed by atoms with Crippen molar-refractivity contribution < 1.29 is 5.11 Å². The minimum absolute atomic E-state index is 0.306. The molecule has 214 valence electrons. The maximum Gasteiger partial charge on any atom is 0.0664 e. The molecule has 4 unspecified atom stereocenters. The fourth-order valence-corrected chi connectivity index (χ4v) is 8.44. The Bertz CT molecular complexity index is 1240. The van der Waals surface area contributed by atoms with Crippen LogP contribution in [0.3, 0.4) is 0 Å². The van der Waals surface area contributed by atoms with Crippen LogP contribution in [0.25, 0.3) is 11.1 Å². The Morgan fingerprint density at radius 3 is 2.67 bits per heavy atom. The first kappa shape index (κ1) is 27.8. The molecule has 4 aliphatic rings. The second kappa shape index (κ2) is 12.2. The van der Waals surface area contributed by atoms with E-state index in [1.165, 1.54) is 84.1 Å². The fraction of sp³-hybridized carbons (Fsp3) is 0.595. The zero-order valence-electron chi connectivity index (χ0n) is 25.0. The van der Waals surface area contributed by atoms with Crippen molar-refractivity contribution >= 4 is 17.6 Å². The number of aliphatic imine (C=N–C) groups is 1. The summed E-state index contributed by atoms with van der Waals surface area (Å²) in [6, 6.07) is 12.0. The summed E-state index contributed by atoms with van der Waals surface area (Å²) in [6.07, 6.45) is 20.7. The fourth-order valence-electron chi connectivity index (χ4n) is 8.44. The van der Waals surface area contributed by atoms with Crippen LogP contribution in [0.5, 0.6) is 0 Å². The third-order valence-corrected chi connectivity index (χ3v) is 11.0. The first-order valence-corrected chi connectivity index (χ1v) is 16.4. The Kier molecular flexibility index (Phi) is 8.49. The highest BCUT2D eigenvalue weighted by atomic mass is 16.3. The summed E-state index contributed by atoms with van der Waals surface area (Å²) < 4.78 is 0. The maximum absolute atomic E-state index is 10.1. The molecule has 0 bridgehead atoms. The van der Waals surface area contributed by atoms with Gasteiger partial charge in [-0.2, -0.15) is 0 Å². The van der Waals surface area contributed by atoms with Crippen LogP contribution < -0.4 is 5.32 Å². The van der Waals surface area contributed by atoms with Gasteiger partial charge in [0, 0.05) is 30.3 Å². The number of rotatable bonds is 6. The first-order valence-electron chi connectivity index (χ1n) is 16.4. The van der Waals surface area contributed by atoms with Gasteiger partial charge in [0.25, 0.3) is 0 Å². The van der Waals surface area contributed by atoms with Crippen molar-refractivity contribution in [1.82, 2.24) is 0 Å². The normalized spacial score (nSPS) is 29.2. The standard InChI is InChI=1S/C37H50N2O/c1-4-27-14-15-38-36-21-32(29-11-10-24(2)16-26(17-29)23-40)19-34(37(27)36)30-12-13-31-18-33(22-39-35(31)20-30)25(3)28-8-6-5-7-9-28/h12-15,19-22,24-29,33,38,40H,4-11,16-18,23H2,1-3H3/t24-,25?,26-,27?,29?,33?/m1/s1. The molecule has 3 heteroatoms. The third kappa shape index (κ3) is 5.69. The number of hydrogen-bond donors (Lipinski definition) is 2. The van der Waals surface area contributed by atoms with Crippen molar-refractivity contribution in [1.29, 1.82) is 0 Å². The van der Waals surface area contributed by atoms with Crippen molar-refractivity contribution in [3.63, 3.8) is 0 Å². The van der Waals surface area contributed by atoms with Crippen molar-refractivity contribution in [3.05, 3.63) is 59.3 Å². The van der Waals surface area contributed by atoms with Gasteiger partial charge in [-0.3, -0.25) is 4.99 Å². The molecule has 2 aliphatic carbocycles. The highest BCUT2D eigenvalue weighted by Gasteiger charge is 2.30. The van der Waals surface area contributed by atoms with Gasteiger partial charge in [0.15, 0.2) is 0 Å². The first-order chi connectivity index (χ1) is 19.5. The van der Waals surface area contributed by atoms with Gasteiger partial charge < -0.3 is 10.4 Å². The molecule has 0 amide bonds. The van der Waals surface area contributed by atoms with Crippen LogP contribution >= 0.6 is 0 Å². The molecular weight excluding hydrogens is 488 g/mol. The molecule has 6 atom stereocenters. The van der Waals surface area contributed by atoms with Crippen LogP contribution in [0.4, 0.5) is 11.4 Å². The van der Waals surface area contributed by atoms with Crippen molar-refractivity contribution in [3.8, 4) is 11.1 Å². The molecule has 0 saturated heterocycles. The van der Waals surface area contributed by atoms with Crippen LogP contribution in [0.15, 0.2) is 47.6 Å². The lowest BCUT2D eigenvalue weighted by molar-refractivity contribution is 0.198. The minimum atomic E-state index is 0.306. The molecule has 0 aromatic heterocycles. The smallest absolute Gasteiger partial charge is 0.0664 e. The largest absolute Gasteiger partial charge is 0.396 e. The molecule has 3 nitrogen and oxygen atoms in total. The van der Waals surface area contributed by atoms with E-state index in [9.17, 15) is 5.11 Å². The molecule has 0 radical (unpaired) electrons. The Morgan fingerprint density at radius 2 is 1.88 bits per heavy atom. The third-order valence-electron chi connectivity index (χ3n) is 11.0. The van der Waals surface area contributed by atoms with Gasteiger partial charge in [-0.15, -0.1) is 0 Å². The molecule has 6 rings (SSSR count). The van der Waals surface area contributed by atoms with Gasteiger partial charge in [-0.05, 0) is 108 Å². The van der Waals surface area contributed by atoms with E-state index in [4.69, 9.17) is 4.99 Å². The monoisotopic (exact) mass is 538 g/mol. The van der Waals surface area contributed by atoms with Gasteiger partial charge in [-0.25, -0.2) is 0 Å². The summed E-state index contributed by atoms with van der Waals surface area (Å²) in [7, 11) is 0. The molecule has 2 N–H and O–H groups in total. The highest BCUT2D eigenvalue weighted by Crippen LogP contribution is 2.46. The predicted octanol–water partition coefficient (Wildman–Crippen LogP) is 9.78. The van der Waals surface area contributed by atoms with Crippen molar-refractivity contribution in [2.24, 2.45) is 34.6 Å². The molecule has 0 spiro atoms. The Morgan fingerprint density at radius 1 is 1.02 bits per heavy atom. The Hall–Kier alpha value is -2.39. The number of aliphatic hydroxyl groups excluding tert-OH is 1. The van der Waals surface area contributed by atoms with Gasteiger partial charge in [0.1, 0.15) is 0 Å². The number of hydrogen-bond acceptors (Lipinski definition) is 3. The summed E-state index contributed by atoms with van der Waals surface area (Å²) in [5, 5.41) is 13.7. The summed E-state index contributed by atoms with van der Waals surface area (Å²) in [6.45, 7) is 7.44.